The molecule has 0 spiro atoms. The molecule has 0 saturated heterocycles. The summed E-state index contributed by atoms with van der Waals surface area (Å²) in [5.74, 6) is -1.03. The van der Waals surface area contributed by atoms with Crippen molar-refractivity contribution in [1.82, 2.24) is 4.98 Å². The fraction of sp³-hybridized carbons (Fsp3) is 0.286. The second-order valence-electron chi connectivity index (χ2n) is 2.41. The summed E-state index contributed by atoms with van der Waals surface area (Å²) >= 11 is 6.92. The standard InChI is InChI=1S/C7H4ClF3INO2/c8-1-3-6(14)5(12)4(2-13-3)15-7(9,10)11/h2,14H,1H2. The van der Waals surface area contributed by atoms with Crippen molar-refractivity contribution in [3.05, 3.63) is 15.5 Å². The third kappa shape index (κ3) is 3.26. The first kappa shape index (κ1) is 12.6. The molecule has 0 aliphatic rings. The number of halogens is 5. The van der Waals surface area contributed by atoms with E-state index in [1.54, 1.807) is 0 Å². The van der Waals surface area contributed by atoms with Crippen LogP contribution in [0.15, 0.2) is 6.20 Å². The number of rotatable bonds is 2. The van der Waals surface area contributed by atoms with E-state index in [1.165, 1.54) is 22.6 Å². The number of pyridine rings is 1. The van der Waals surface area contributed by atoms with Crippen molar-refractivity contribution in [3.8, 4) is 11.5 Å². The summed E-state index contributed by atoms with van der Waals surface area (Å²) in [6.07, 6.45) is -3.94. The lowest BCUT2D eigenvalue weighted by molar-refractivity contribution is -0.275. The van der Waals surface area contributed by atoms with Crippen molar-refractivity contribution in [2.75, 3.05) is 0 Å². The summed E-state index contributed by atoms with van der Waals surface area (Å²) in [6, 6.07) is 0. The van der Waals surface area contributed by atoms with Gasteiger partial charge in [-0.2, -0.15) is 0 Å². The molecule has 15 heavy (non-hydrogen) atoms. The van der Waals surface area contributed by atoms with Gasteiger partial charge in [-0.1, -0.05) is 0 Å². The van der Waals surface area contributed by atoms with Gasteiger partial charge in [-0.05, 0) is 22.6 Å². The third-order valence-electron chi connectivity index (χ3n) is 1.39. The first-order valence-corrected chi connectivity index (χ1v) is 5.14. The molecule has 3 nitrogen and oxygen atoms in total. The number of nitrogens with zero attached hydrogens (tertiary/aromatic N) is 1. The van der Waals surface area contributed by atoms with Gasteiger partial charge in [0, 0.05) is 0 Å². The van der Waals surface area contributed by atoms with Crippen LogP contribution in [0.25, 0.3) is 0 Å². The molecule has 8 heteroatoms. The van der Waals surface area contributed by atoms with E-state index in [0.717, 1.165) is 6.20 Å². The molecule has 0 aliphatic carbocycles. The van der Waals surface area contributed by atoms with Crippen LogP contribution in [0.5, 0.6) is 11.5 Å². The van der Waals surface area contributed by atoms with Gasteiger partial charge in [-0.3, -0.25) is 4.98 Å². The highest BCUT2D eigenvalue weighted by Crippen LogP contribution is 2.34. The highest BCUT2D eigenvalue weighted by Gasteiger charge is 2.32. The quantitative estimate of drug-likeness (QED) is 0.656. The number of alkyl halides is 4. The predicted octanol–water partition coefficient (Wildman–Crippen LogP) is 3.03. The fourth-order valence-corrected chi connectivity index (χ4v) is 1.55. The van der Waals surface area contributed by atoms with E-state index >= 15 is 0 Å². The fourth-order valence-electron chi connectivity index (χ4n) is 0.791. The van der Waals surface area contributed by atoms with Crippen molar-refractivity contribution >= 4 is 34.2 Å². The maximum absolute atomic E-state index is 11.9. The van der Waals surface area contributed by atoms with Crippen LogP contribution in [0.4, 0.5) is 13.2 Å². The van der Waals surface area contributed by atoms with Gasteiger partial charge < -0.3 is 9.84 Å². The van der Waals surface area contributed by atoms with Crippen LogP contribution in [0.1, 0.15) is 5.69 Å². The summed E-state index contributed by atoms with van der Waals surface area (Å²) in [5, 5.41) is 9.37. The van der Waals surface area contributed by atoms with E-state index in [9.17, 15) is 18.3 Å². The molecular formula is C7H4ClF3INO2. The lowest BCUT2D eigenvalue weighted by Crippen LogP contribution is -2.18. The maximum Gasteiger partial charge on any atom is 0.573 e. The number of aromatic nitrogens is 1. The summed E-state index contributed by atoms with van der Waals surface area (Å²) < 4.78 is 39.2. The van der Waals surface area contributed by atoms with E-state index in [2.05, 4.69) is 9.72 Å². The second kappa shape index (κ2) is 4.60. The number of hydrogen-bond acceptors (Lipinski definition) is 3. The van der Waals surface area contributed by atoms with Gasteiger partial charge >= 0.3 is 6.36 Å². The van der Waals surface area contributed by atoms with Gasteiger partial charge in [0.2, 0.25) is 0 Å². The van der Waals surface area contributed by atoms with E-state index in [0.29, 0.717) is 0 Å². The molecule has 0 aliphatic heterocycles. The molecule has 1 aromatic heterocycles. The van der Waals surface area contributed by atoms with Crippen molar-refractivity contribution in [2.24, 2.45) is 0 Å². The monoisotopic (exact) mass is 353 g/mol. The van der Waals surface area contributed by atoms with Crippen LogP contribution in [0, 0.1) is 3.57 Å². The Morgan fingerprint density at radius 3 is 2.60 bits per heavy atom. The van der Waals surface area contributed by atoms with Gasteiger partial charge in [-0.15, -0.1) is 24.8 Å². The smallest absolute Gasteiger partial charge is 0.505 e. The first-order valence-electron chi connectivity index (χ1n) is 3.53. The van der Waals surface area contributed by atoms with Gasteiger partial charge in [0.25, 0.3) is 0 Å². The molecule has 0 amide bonds. The average molecular weight is 353 g/mol. The minimum absolute atomic E-state index is 0.0735. The normalized spacial score (nSPS) is 11.5. The van der Waals surface area contributed by atoms with E-state index in [-0.39, 0.29) is 15.1 Å². The average Bonchev–Trinajstić information content (AvgIpc) is 2.11. The molecule has 1 rings (SSSR count). The van der Waals surface area contributed by atoms with Gasteiger partial charge in [0.1, 0.15) is 3.57 Å². The first-order chi connectivity index (χ1) is 6.85. The zero-order chi connectivity index (χ0) is 11.6. The van der Waals surface area contributed by atoms with Gasteiger partial charge in [0.15, 0.2) is 11.5 Å². The largest absolute Gasteiger partial charge is 0.573 e. The Kier molecular flexibility index (Phi) is 3.87. The Hall–Kier alpha value is -0.440. The summed E-state index contributed by atoms with van der Waals surface area (Å²) in [6.45, 7) is 0. The summed E-state index contributed by atoms with van der Waals surface area (Å²) in [7, 11) is 0. The molecule has 0 aromatic carbocycles. The number of hydrogen-bond donors (Lipinski definition) is 1. The van der Waals surface area contributed by atoms with Gasteiger partial charge in [-0.25, -0.2) is 0 Å². The molecule has 0 saturated carbocycles. The van der Waals surface area contributed by atoms with E-state index in [4.69, 9.17) is 11.6 Å². The Labute approximate surface area is 101 Å². The van der Waals surface area contributed by atoms with E-state index < -0.39 is 17.9 Å². The molecule has 0 radical (unpaired) electrons. The Morgan fingerprint density at radius 2 is 2.13 bits per heavy atom. The lowest BCUT2D eigenvalue weighted by Gasteiger charge is -2.11. The molecule has 0 bridgehead atoms. The van der Waals surface area contributed by atoms with Crippen LogP contribution in [-0.4, -0.2) is 16.5 Å². The Morgan fingerprint density at radius 1 is 1.53 bits per heavy atom. The van der Waals surface area contributed by atoms with Crippen LogP contribution in [0.3, 0.4) is 0 Å². The highest BCUT2D eigenvalue weighted by atomic mass is 127. The third-order valence-corrected chi connectivity index (χ3v) is 2.68. The van der Waals surface area contributed by atoms with Crippen LogP contribution in [-0.2, 0) is 5.88 Å². The predicted molar refractivity (Wildman–Crippen MR) is 54.9 cm³/mol. The lowest BCUT2D eigenvalue weighted by atomic mass is 10.3. The zero-order valence-corrected chi connectivity index (χ0v) is 9.89. The van der Waals surface area contributed by atoms with Crippen molar-refractivity contribution < 1.29 is 23.0 Å². The highest BCUT2D eigenvalue weighted by molar-refractivity contribution is 14.1. The number of ether oxygens (including phenoxy) is 1. The second-order valence-corrected chi connectivity index (χ2v) is 3.76. The topological polar surface area (TPSA) is 42.4 Å². The van der Waals surface area contributed by atoms with Gasteiger partial charge in [0.05, 0.1) is 17.8 Å². The van der Waals surface area contributed by atoms with Crippen molar-refractivity contribution in [1.29, 1.82) is 0 Å². The zero-order valence-electron chi connectivity index (χ0n) is 6.98. The molecule has 84 valence electrons. The van der Waals surface area contributed by atoms with Crippen LogP contribution >= 0.6 is 34.2 Å². The molecule has 0 atom stereocenters. The van der Waals surface area contributed by atoms with Crippen molar-refractivity contribution in [2.45, 2.75) is 12.2 Å². The van der Waals surface area contributed by atoms with Crippen molar-refractivity contribution in [3.63, 3.8) is 0 Å². The maximum atomic E-state index is 11.9. The minimum atomic E-state index is -4.81. The van der Waals surface area contributed by atoms with E-state index in [1.807, 2.05) is 0 Å². The summed E-state index contributed by atoms with van der Waals surface area (Å²) in [4.78, 5) is 3.53. The molecular weight excluding hydrogens is 349 g/mol. The Balaban J connectivity index is 3.07. The molecule has 1 N–H and O–H groups in total. The van der Waals surface area contributed by atoms with Crippen LogP contribution < -0.4 is 4.74 Å². The molecule has 0 unspecified atom stereocenters. The summed E-state index contributed by atoms with van der Waals surface area (Å²) in [5.41, 5.74) is 0.107. The molecule has 1 heterocycles. The molecule has 1 aromatic rings. The SMILES string of the molecule is Oc1c(CCl)ncc(OC(F)(F)F)c1I. The number of aromatic hydroxyl groups is 1. The molecule has 0 fully saturated rings. The van der Waals surface area contributed by atoms with Crippen LogP contribution in [0.2, 0.25) is 0 Å². The Bertz CT molecular complexity index is 372. The minimum Gasteiger partial charge on any atom is -0.505 e.